The minimum atomic E-state index is -3.57. The highest BCUT2D eigenvalue weighted by Gasteiger charge is 2.31. The molecule has 0 radical (unpaired) electrons. The van der Waals surface area contributed by atoms with Crippen LogP contribution in [0.2, 0.25) is 0 Å². The van der Waals surface area contributed by atoms with Gasteiger partial charge >= 0.3 is 0 Å². The molecule has 2 rings (SSSR count). The van der Waals surface area contributed by atoms with Gasteiger partial charge in [0.1, 0.15) is 0 Å². The van der Waals surface area contributed by atoms with Crippen molar-refractivity contribution in [2.45, 2.75) is 56.9 Å². The van der Waals surface area contributed by atoms with Crippen LogP contribution in [-0.2, 0) is 10.0 Å². The van der Waals surface area contributed by atoms with Crippen LogP contribution in [0.15, 0.2) is 34.3 Å². The van der Waals surface area contributed by atoms with Gasteiger partial charge in [0.15, 0.2) is 0 Å². The molecule has 0 spiro atoms. The van der Waals surface area contributed by atoms with E-state index in [1.807, 2.05) is 6.92 Å². The number of carbonyl (C=O) groups is 1. The van der Waals surface area contributed by atoms with Gasteiger partial charge in [0, 0.05) is 37.2 Å². The van der Waals surface area contributed by atoms with Crippen molar-refractivity contribution in [1.82, 2.24) is 9.73 Å². The van der Waals surface area contributed by atoms with Gasteiger partial charge in [-0.15, -0.1) is 0 Å². The van der Waals surface area contributed by atoms with Crippen molar-refractivity contribution >= 4 is 21.6 Å². The molecule has 7 nitrogen and oxygen atoms in total. The fourth-order valence-electron chi connectivity index (χ4n) is 3.30. The maximum Gasteiger partial charge on any atom is 0.271 e. The van der Waals surface area contributed by atoms with E-state index in [1.165, 1.54) is 33.5 Å². The molecule has 0 unspecified atom stereocenters. The Hall–Kier alpha value is -1.77. The van der Waals surface area contributed by atoms with Gasteiger partial charge in [0.05, 0.1) is 25.0 Å². The Morgan fingerprint density at radius 3 is 2.43 bits per heavy atom. The Balaban J connectivity index is 2.03. The van der Waals surface area contributed by atoms with Crippen molar-refractivity contribution in [3.05, 3.63) is 29.8 Å². The van der Waals surface area contributed by atoms with Crippen LogP contribution in [0.1, 0.15) is 56.3 Å². The molecule has 0 atom stereocenters. The fourth-order valence-corrected chi connectivity index (χ4v) is 4.71. The SMILES string of the molecule is CCCC/C(C)=N\NC(=O)c1ccc(S(=O)(=O)N(C)C2CC[NH+](C)CC2)cc1. The van der Waals surface area contributed by atoms with E-state index < -0.39 is 10.0 Å². The van der Waals surface area contributed by atoms with Gasteiger partial charge in [0.25, 0.3) is 5.91 Å². The number of carbonyl (C=O) groups excluding carboxylic acids is 1. The maximum absolute atomic E-state index is 12.9. The first-order valence-electron chi connectivity index (χ1n) is 9.98. The lowest BCUT2D eigenvalue weighted by molar-refractivity contribution is -0.885. The average Bonchev–Trinajstić information content (AvgIpc) is 2.70. The first kappa shape index (κ1) is 22.5. The van der Waals surface area contributed by atoms with Crippen LogP contribution in [0, 0.1) is 0 Å². The van der Waals surface area contributed by atoms with Gasteiger partial charge in [0.2, 0.25) is 10.0 Å². The molecule has 0 saturated carbocycles. The third kappa shape index (κ3) is 5.86. The highest BCUT2D eigenvalue weighted by atomic mass is 32.2. The van der Waals surface area contributed by atoms with Crippen LogP contribution in [0.5, 0.6) is 0 Å². The highest BCUT2D eigenvalue weighted by molar-refractivity contribution is 7.89. The molecule has 28 heavy (non-hydrogen) atoms. The average molecular weight is 410 g/mol. The van der Waals surface area contributed by atoms with Gasteiger partial charge in [-0.25, -0.2) is 13.8 Å². The fraction of sp³-hybridized carbons (Fsp3) is 0.600. The Morgan fingerprint density at radius 1 is 1.25 bits per heavy atom. The maximum atomic E-state index is 12.9. The first-order valence-corrected chi connectivity index (χ1v) is 11.4. The summed E-state index contributed by atoms with van der Waals surface area (Å²) in [6.07, 6.45) is 4.67. The predicted octanol–water partition coefficient (Wildman–Crippen LogP) is 1.28. The van der Waals surface area contributed by atoms with Crippen molar-refractivity contribution in [1.29, 1.82) is 0 Å². The van der Waals surface area contributed by atoms with Crippen molar-refractivity contribution in [3.63, 3.8) is 0 Å². The van der Waals surface area contributed by atoms with E-state index in [0.29, 0.717) is 5.56 Å². The number of unbranched alkanes of at least 4 members (excludes halogenated alkanes) is 1. The third-order valence-corrected chi connectivity index (χ3v) is 7.28. The highest BCUT2D eigenvalue weighted by Crippen LogP contribution is 2.20. The second kappa shape index (κ2) is 10.1. The Morgan fingerprint density at radius 2 is 1.86 bits per heavy atom. The van der Waals surface area contributed by atoms with Crippen LogP contribution < -0.4 is 10.3 Å². The van der Waals surface area contributed by atoms with Gasteiger partial charge < -0.3 is 4.90 Å². The zero-order chi connectivity index (χ0) is 20.7. The van der Waals surface area contributed by atoms with Crippen molar-refractivity contribution in [2.24, 2.45) is 5.10 Å². The molecule has 0 bridgehead atoms. The standard InChI is InChI=1S/C20H32N4O3S/c1-5-6-7-16(2)21-22-20(25)17-8-10-19(11-9-17)28(26,27)24(4)18-12-14-23(3)15-13-18/h8-11,18H,5-7,12-15H2,1-4H3,(H,22,25)/p+1/b21-16-. The van der Waals surface area contributed by atoms with Gasteiger partial charge in [-0.1, -0.05) is 13.3 Å². The predicted molar refractivity (Wildman–Crippen MR) is 111 cm³/mol. The van der Waals surface area contributed by atoms with Crippen LogP contribution in [0.25, 0.3) is 0 Å². The number of nitrogens with one attached hydrogen (secondary N) is 2. The molecular formula is C20H33N4O3S+. The molecule has 1 saturated heterocycles. The van der Waals surface area contributed by atoms with E-state index in [4.69, 9.17) is 0 Å². The van der Waals surface area contributed by atoms with Crippen molar-refractivity contribution in [2.75, 3.05) is 27.2 Å². The summed E-state index contributed by atoms with van der Waals surface area (Å²) in [4.78, 5) is 13.9. The number of hydrogen-bond donors (Lipinski definition) is 2. The largest absolute Gasteiger partial charge is 0.337 e. The number of sulfonamides is 1. The second-order valence-corrected chi connectivity index (χ2v) is 9.62. The summed E-state index contributed by atoms with van der Waals surface area (Å²) in [6, 6.07) is 6.08. The van der Waals surface area contributed by atoms with E-state index in [-0.39, 0.29) is 16.8 Å². The Labute approximate surface area is 168 Å². The minimum Gasteiger partial charge on any atom is -0.337 e. The second-order valence-electron chi connectivity index (χ2n) is 7.63. The number of quaternary nitrogens is 1. The molecule has 1 aliphatic rings. The molecule has 1 aliphatic heterocycles. The van der Waals surface area contributed by atoms with Crippen LogP contribution >= 0.6 is 0 Å². The normalized spacial score (nSPS) is 21.0. The van der Waals surface area contributed by atoms with E-state index in [0.717, 1.165) is 50.9 Å². The molecule has 1 fully saturated rings. The molecule has 8 heteroatoms. The van der Waals surface area contributed by atoms with Gasteiger partial charge in [-0.3, -0.25) is 4.79 Å². The summed E-state index contributed by atoms with van der Waals surface area (Å²) in [6.45, 7) is 5.93. The summed E-state index contributed by atoms with van der Waals surface area (Å²) in [5.41, 5.74) is 3.79. The number of hydrazone groups is 1. The van der Waals surface area contributed by atoms with Crippen LogP contribution in [-0.4, -0.2) is 57.6 Å². The lowest BCUT2D eigenvalue weighted by Gasteiger charge is -2.32. The summed E-state index contributed by atoms with van der Waals surface area (Å²) in [7, 11) is 0.207. The van der Waals surface area contributed by atoms with Crippen LogP contribution in [0.3, 0.4) is 0 Å². The molecule has 0 aromatic heterocycles. The molecule has 156 valence electrons. The number of benzene rings is 1. The van der Waals surface area contributed by atoms with Crippen molar-refractivity contribution in [3.8, 4) is 0 Å². The number of hydrogen-bond acceptors (Lipinski definition) is 4. The number of amides is 1. The lowest BCUT2D eigenvalue weighted by atomic mass is 10.1. The lowest BCUT2D eigenvalue weighted by Crippen LogP contribution is -3.10. The van der Waals surface area contributed by atoms with E-state index in [1.54, 1.807) is 7.05 Å². The van der Waals surface area contributed by atoms with E-state index >= 15 is 0 Å². The summed E-state index contributed by atoms with van der Waals surface area (Å²) < 4.78 is 27.3. The molecular weight excluding hydrogens is 376 g/mol. The zero-order valence-corrected chi connectivity index (χ0v) is 18.2. The monoisotopic (exact) mass is 409 g/mol. The minimum absolute atomic E-state index is 0.0251. The topological polar surface area (TPSA) is 83.3 Å². The van der Waals surface area contributed by atoms with Crippen LogP contribution in [0.4, 0.5) is 0 Å². The van der Waals surface area contributed by atoms with E-state index in [9.17, 15) is 13.2 Å². The molecule has 1 aromatic rings. The number of rotatable bonds is 8. The van der Waals surface area contributed by atoms with Crippen molar-refractivity contribution < 1.29 is 18.1 Å². The van der Waals surface area contributed by atoms with E-state index in [2.05, 4.69) is 24.5 Å². The molecule has 2 N–H and O–H groups in total. The smallest absolute Gasteiger partial charge is 0.271 e. The number of nitrogens with zero attached hydrogens (tertiary/aromatic N) is 2. The Kier molecular flexibility index (Phi) is 8.15. The quantitative estimate of drug-likeness (QED) is 0.501. The molecule has 1 heterocycles. The van der Waals surface area contributed by atoms with Gasteiger partial charge in [-0.05, 0) is 44.0 Å². The molecule has 1 amide bonds. The first-order chi connectivity index (χ1) is 13.3. The number of likely N-dealkylation sites (tertiary alicyclic amines) is 1. The summed E-state index contributed by atoms with van der Waals surface area (Å²) in [5, 5.41) is 4.09. The summed E-state index contributed by atoms with van der Waals surface area (Å²) >= 11 is 0. The number of piperidine rings is 1. The molecule has 1 aromatic carbocycles. The Bertz CT molecular complexity index is 782. The summed E-state index contributed by atoms with van der Waals surface area (Å²) in [5.74, 6) is -0.341. The molecule has 0 aliphatic carbocycles. The third-order valence-electron chi connectivity index (χ3n) is 5.36. The zero-order valence-electron chi connectivity index (χ0n) is 17.4. The van der Waals surface area contributed by atoms with Gasteiger partial charge in [-0.2, -0.15) is 9.41 Å².